The van der Waals surface area contributed by atoms with Gasteiger partial charge in [0.1, 0.15) is 5.76 Å². The highest BCUT2D eigenvalue weighted by Gasteiger charge is 2.15. The van der Waals surface area contributed by atoms with E-state index in [-0.39, 0.29) is 23.8 Å². The van der Waals surface area contributed by atoms with Crippen molar-refractivity contribution in [2.24, 2.45) is 0 Å². The van der Waals surface area contributed by atoms with Gasteiger partial charge in [-0.05, 0) is 37.3 Å². The van der Waals surface area contributed by atoms with E-state index in [0.29, 0.717) is 32.0 Å². The molecule has 0 unspecified atom stereocenters. The number of fused-ring (bicyclic) bond motifs is 1. The van der Waals surface area contributed by atoms with Gasteiger partial charge in [-0.25, -0.2) is 9.97 Å². The Bertz CT molecular complexity index is 1230. The molecule has 3 aromatic heterocycles. The van der Waals surface area contributed by atoms with E-state index in [0.717, 1.165) is 5.69 Å². The maximum Gasteiger partial charge on any atom is 0.262 e. The number of hydrogen-bond donors (Lipinski definition) is 1. The number of aryl methyl sites for hydroxylation is 1. The molecule has 0 radical (unpaired) electrons. The smallest absolute Gasteiger partial charge is 0.262 e. The maximum absolute atomic E-state index is 13.0. The lowest BCUT2D eigenvalue weighted by Gasteiger charge is -2.12. The number of rotatable bonds is 6. The quantitative estimate of drug-likeness (QED) is 0.353. The van der Waals surface area contributed by atoms with E-state index in [1.165, 1.54) is 27.7 Å². The zero-order chi connectivity index (χ0) is 20.4. The van der Waals surface area contributed by atoms with Crippen LogP contribution in [-0.4, -0.2) is 26.2 Å². The lowest BCUT2D eigenvalue weighted by atomic mass is 10.2. The van der Waals surface area contributed by atoms with Gasteiger partial charge in [-0.3, -0.25) is 14.2 Å². The SMILES string of the molecule is Cc1csc(NC(=O)CSc2nc3cc(Cl)ccc3c(=O)n2Cc2ccco2)n1. The van der Waals surface area contributed by atoms with Crippen LogP contribution in [0.3, 0.4) is 0 Å². The first-order valence-corrected chi connectivity index (χ1v) is 10.8. The topological polar surface area (TPSA) is 90.0 Å². The third-order valence-electron chi connectivity index (χ3n) is 3.97. The van der Waals surface area contributed by atoms with Gasteiger partial charge in [0.05, 0.1) is 35.2 Å². The lowest BCUT2D eigenvalue weighted by molar-refractivity contribution is -0.113. The third kappa shape index (κ3) is 4.52. The van der Waals surface area contributed by atoms with Crippen molar-refractivity contribution in [2.75, 3.05) is 11.1 Å². The summed E-state index contributed by atoms with van der Waals surface area (Å²) in [4.78, 5) is 34.1. The largest absolute Gasteiger partial charge is 0.467 e. The Morgan fingerprint density at radius 1 is 1.34 bits per heavy atom. The van der Waals surface area contributed by atoms with Gasteiger partial charge in [-0.15, -0.1) is 11.3 Å². The molecule has 7 nitrogen and oxygen atoms in total. The van der Waals surface area contributed by atoms with Crippen molar-refractivity contribution in [3.8, 4) is 0 Å². The molecular weight excluding hydrogens is 432 g/mol. The van der Waals surface area contributed by atoms with Crippen molar-refractivity contribution in [1.82, 2.24) is 14.5 Å². The number of halogens is 1. The average molecular weight is 447 g/mol. The van der Waals surface area contributed by atoms with Crippen LogP contribution in [0.4, 0.5) is 5.13 Å². The first-order valence-electron chi connectivity index (χ1n) is 8.57. The zero-order valence-electron chi connectivity index (χ0n) is 15.2. The Hall–Kier alpha value is -2.62. The van der Waals surface area contributed by atoms with Gasteiger partial charge in [0.15, 0.2) is 10.3 Å². The second-order valence-corrected chi connectivity index (χ2v) is 8.39. The number of carbonyl (C=O) groups excluding carboxylic acids is 1. The minimum absolute atomic E-state index is 0.0787. The average Bonchev–Trinajstić information content (AvgIpc) is 3.34. The van der Waals surface area contributed by atoms with Crippen molar-refractivity contribution >= 4 is 56.6 Å². The molecular formula is C19H15ClN4O3S2. The molecule has 0 fully saturated rings. The van der Waals surface area contributed by atoms with Crippen LogP contribution >= 0.6 is 34.7 Å². The lowest BCUT2D eigenvalue weighted by Crippen LogP contribution is -2.24. The maximum atomic E-state index is 13.0. The summed E-state index contributed by atoms with van der Waals surface area (Å²) < 4.78 is 6.88. The number of aromatic nitrogens is 3. The number of hydrogen-bond acceptors (Lipinski definition) is 7. The van der Waals surface area contributed by atoms with Gasteiger partial charge in [0.25, 0.3) is 5.56 Å². The van der Waals surface area contributed by atoms with Crippen LogP contribution in [0.5, 0.6) is 0 Å². The molecule has 4 rings (SSSR count). The predicted molar refractivity (Wildman–Crippen MR) is 115 cm³/mol. The summed E-state index contributed by atoms with van der Waals surface area (Å²) in [5, 5.41) is 6.50. The molecule has 0 aliphatic carbocycles. The van der Waals surface area contributed by atoms with Crippen molar-refractivity contribution < 1.29 is 9.21 Å². The highest BCUT2D eigenvalue weighted by Crippen LogP contribution is 2.22. The zero-order valence-corrected chi connectivity index (χ0v) is 17.6. The minimum atomic E-state index is -0.227. The van der Waals surface area contributed by atoms with Gasteiger partial charge < -0.3 is 9.73 Å². The van der Waals surface area contributed by atoms with Crippen LogP contribution in [0.15, 0.2) is 56.3 Å². The van der Waals surface area contributed by atoms with Crippen LogP contribution < -0.4 is 10.9 Å². The summed E-state index contributed by atoms with van der Waals surface area (Å²) in [7, 11) is 0. The number of carbonyl (C=O) groups is 1. The summed E-state index contributed by atoms with van der Waals surface area (Å²) in [5.41, 5.74) is 1.11. The minimum Gasteiger partial charge on any atom is -0.467 e. The molecule has 1 amide bonds. The monoisotopic (exact) mass is 446 g/mol. The number of furan rings is 1. The van der Waals surface area contributed by atoms with Crippen LogP contribution in [0.2, 0.25) is 5.02 Å². The number of nitrogens with zero attached hydrogens (tertiary/aromatic N) is 3. The molecule has 1 aromatic carbocycles. The summed E-state index contributed by atoms with van der Waals surface area (Å²) in [6, 6.07) is 8.48. The summed E-state index contributed by atoms with van der Waals surface area (Å²) >= 11 is 8.59. The molecule has 1 N–H and O–H groups in total. The Morgan fingerprint density at radius 3 is 2.93 bits per heavy atom. The fourth-order valence-electron chi connectivity index (χ4n) is 2.68. The number of amides is 1. The number of benzene rings is 1. The van der Waals surface area contributed by atoms with Gasteiger partial charge >= 0.3 is 0 Å². The van der Waals surface area contributed by atoms with Crippen LogP contribution in [0, 0.1) is 6.92 Å². The Labute approximate surface area is 178 Å². The van der Waals surface area contributed by atoms with Crippen molar-refractivity contribution in [3.63, 3.8) is 0 Å². The normalized spacial score (nSPS) is 11.1. The Balaban J connectivity index is 1.63. The van der Waals surface area contributed by atoms with Crippen LogP contribution in [-0.2, 0) is 11.3 Å². The van der Waals surface area contributed by atoms with Crippen LogP contribution in [0.25, 0.3) is 10.9 Å². The fourth-order valence-corrected chi connectivity index (χ4v) is 4.35. The van der Waals surface area contributed by atoms with Gasteiger partial charge in [-0.1, -0.05) is 23.4 Å². The van der Waals surface area contributed by atoms with E-state index in [4.69, 9.17) is 16.0 Å². The molecule has 0 saturated carbocycles. The highest BCUT2D eigenvalue weighted by atomic mass is 35.5. The molecule has 0 spiro atoms. The fraction of sp³-hybridized carbons (Fsp3) is 0.158. The molecule has 10 heteroatoms. The Morgan fingerprint density at radius 2 is 2.21 bits per heavy atom. The van der Waals surface area contributed by atoms with E-state index in [1.807, 2.05) is 12.3 Å². The second-order valence-electron chi connectivity index (χ2n) is 6.16. The van der Waals surface area contributed by atoms with Crippen LogP contribution in [0.1, 0.15) is 11.5 Å². The first kappa shape index (κ1) is 19.7. The highest BCUT2D eigenvalue weighted by molar-refractivity contribution is 7.99. The second kappa shape index (κ2) is 8.40. The summed E-state index contributed by atoms with van der Waals surface area (Å²) in [6.45, 7) is 2.07. The standard InChI is InChI=1S/C19H15ClN4O3S2/c1-11-9-28-18(21-11)23-16(25)10-29-19-22-15-7-12(20)4-5-14(15)17(26)24(19)8-13-3-2-6-27-13/h2-7,9H,8,10H2,1H3,(H,21,23,25). The molecule has 0 bridgehead atoms. The van der Waals surface area contributed by atoms with E-state index >= 15 is 0 Å². The first-order chi connectivity index (χ1) is 14.0. The molecule has 0 atom stereocenters. The van der Waals surface area contributed by atoms with Crippen molar-refractivity contribution in [1.29, 1.82) is 0 Å². The molecule has 0 aliphatic heterocycles. The molecule has 4 aromatic rings. The Kier molecular flexibility index (Phi) is 5.70. The van der Waals surface area contributed by atoms with Gasteiger partial charge in [0, 0.05) is 10.4 Å². The number of anilines is 1. The van der Waals surface area contributed by atoms with Gasteiger partial charge in [0.2, 0.25) is 5.91 Å². The summed E-state index contributed by atoms with van der Waals surface area (Å²) in [6.07, 6.45) is 1.55. The molecule has 0 aliphatic rings. The van der Waals surface area contributed by atoms with Gasteiger partial charge in [-0.2, -0.15) is 0 Å². The predicted octanol–water partition coefficient (Wildman–Crippen LogP) is 4.19. The van der Waals surface area contributed by atoms with E-state index in [9.17, 15) is 9.59 Å². The van der Waals surface area contributed by atoms with E-state index in [2.05, 4.69) is 15.3 Å². The summed E-state index contributed by atoms with van der Waals surface area (Å²) in [5.74, 6) is 0.469. The van der Waals surface area contributed by atoms with Crippen molar-refractivity contribution in [3.05, 3.63) is 68.8 Å². The molecule has 0 saturated heterocycles. The number of thiazole rings is 1. The van der Waals surface area contributed by atoms with E-state index < -0.39 is 0 Å². The molecule has 3 heterocycles. The molecule has 29 heavy (non-hydrogen) atoms. The van der Waals surface area contributed by atoms with Crippen molar-refractivity contribution in [2.45, 2.75) is 18.6 Å². The third-order valence-corrected chi connectivity index (χ3v) is 6.06. The number of thioether (sulfide) groups is 1. The molecule has 148 valence electrons. The van der Waals surface area contributed by atoms with E-state index in [1.54, 1.807) is 36.6 Å². The number of nitrogens with one attached hydrogen (secondary N) is 1.